The van der Waals surface area contributed by atoms with Gasteiger partial charge in [-0.25, -0.2) is 14.4 Å². The number of fused-ring (bicyclic) bond motifs is 2. The van der Waals surface area contributed by atoms with Crippen LogP contribution >= 0.6 is 22.9 Å². The van der Waals surface area contributed by atoms with Crippen molar-refractivity contribution in [1.29, 1.82) is 0 Å². The van der Waals surface area contributed by atoms with Crippen LogP contribution in [0.1, 0.15) is 13.8 Å². The topological polar surface area (TPSA) is 81.1 Å². The second kappa shape index (κ2) is 9.75. The van der Waals surface area contributed by atoms with E-state index in [4.69, 9.17) is 16.3 Å². The summed E-state index contributed by atoms with van der Waals surface area (Å²) in [6.45, 7) is 3.15. The fourth-order valence-electron chi connectivity index (χ4n) is 3.78. The van der Waals surface area contributed by atoms with E-state index >= 15 is 0 Å². The highest BCUT2D eigenvalue weighted by Crippen LogP contribution is 2.37. The molecule has 0 fully saturated rings. The second-order valence-corrected chi connectivity index (χ2v) is 10.0. The smallest absolute Gasteiger partial charge is 0.257 e. The Morgan fingerprint density at radius 2 is 2.03 bits per heavy atom. The summed E-state index contributed by atoms with van der Waals surface area (Å²) in [5, 5.41) is 9.42. The van der Waals surface area contributed by atoms with Gasteiger partial charge in [0.1, 0.15) is 23.3 Å². The lowest BCUT2D eigenvalue weighted by Gasteiger charge is -2.15. The predicted octanol–water partition coefficient (Wildman–Crippen LogP) is 6.70. The number of amides is 1. The Morgan fingerprint density at radius 1 is 1.17 bits per heavy atom. The number of nitrogens with one attached hydrogen (secondary N) is 2. The summed E-state index contributed by atoms with van der Waals surface area (Å²) >= 11 is 8.22. The molecular weight excluding hydrogens is 501 g/mol. The van der Waals surface area contributed by atoms with E-state index in [1.165, 1.54) is 20.2 Å². The van der Waals surface area contributed by atoms with E-state index in [1.807, 2.05) is 52.5 Å². The third-order valence-corrected chi connectivity index (χ3v) is 6.78. The van der Waals surface area contributed by atoms with Crippen LogP contribution in [0.15, 0.2) is 66.4 Å². The quantitative estimate of drug-likeness (QED) is 0.236. The van der Waals surface area contributed by atoms with Crippen LogP contribution in [-0.4, -0.2) is 32.7 Å². The van der Waals surface area contributed by atoms with Gasteiger partial charge in [-0.05, 0) is 61.7 Å². The molecule has 3 heterocycles. The standard InChI is InChI=1S/C26H23ClFN5O2S/c1-26(2,28)25(34)29-10-12-33-11-8-19-23(33)24(31-15-30-19)32-16-6-7-21(18(27)14-16)35-20-4-3-5-22-17(20)9-13-36-22/h3-9,11,13-15H,10,12H2,1-2H3,(H,29,34)(H,30,31,32). The van der Waals surface area contributed by atoms with Crippen LogP contribution in [0.5, 0.6) is 11.5 Å². The molecule has 0 aliphatic rings. The highest BCUT2D eigenvalue weighted by Gasteiger charge is 2.25. The van der Waals surface area contributed by atoms with Gasteiger partial charge in [0.2, 0.25) is 0 Å². The van der Waals surface area contributed by atoms with Crippen molar-refractivity contribution in [2.45, 2.75) is 26.1 Å². The molecule has 7 nitrogen and oxygen atoms in total. The van der Waals surface area contributed by atoms with Crippen LogP contribution in [0.25, 0.3) is 21.1 Å². The van der Waals surface area contributed by atoms with Gasteiger partial charge in [-0.1, -0.05) is 17.7 Å². The molecule has 0 saturated heterocycles. The predicted molar refractivity (Wildman–Crippen MR) is 142 cm³/mol. The van der Waals surface area contributed by atoms with Crippen molar-refractivity contribution >= 4 is 61.5 Å². The summed E-state index contributed by atoms with van der Waals surface area (Å²) in [6, 6.07) is 15.3. The Hall–Kier alpha value is -3.69. The van der Waals surface area contributed by atoms with E-state index in [9.17, 15) is 9.18 Å². The SMILES string of the molecule is CC(C)(F)C(=O)NCCn1ccc2ncnc(Nc3ccc(Oc4cccc5sccc45)c(Cl)c3)c21. The first-order valence-electron chi connectivity index (χ1n) is 11.3. The maximum absolute atomic E-state index is 13.8. The number of ether oxygens (including phenoxy) is 1. The molecule has 1 amide bonds. The molecule has 0 atom stereocenters. The molecule has 0 spiro atoms. The Bertz CT molecular complexity index is 1560. The molecule has 10 heteroatoms. The van der Waals surface area contributed by atoms with E-state index in [-0.39, 0.29) is 6.54 Å². The van der Waals surface area contributed by atoms with Gasteiger partial charge in [0.25, 0.3) is 5.91 Å². The zero-order chi connectivity index (χ0) is 25.3. The molecule has 184 valence electrons. The maximum Gasteiger partial charge on any atom is 0.257 e. The van der Waals surface area contributed by atoms with Gasteiger partial charge in [-0.15, -0.1) is 11.3 Å². The van der Waals surface area contributed by atoms with E-state index in [2.05, 4.69) is 26.7 Å². The molecule has 0 aliphatic heterocycles. The lowest BCUT2D eigenvalue weighted by molar-refractivity contribution is -0.130. The molecular formula is C26H23ClFN5O2S. The summed E-state index contributed by atoms with van der Waals surface area (Å²) in [6.07, 6.45) is 3.33. The van der Waals surface area contributed by atoms with Crippen molar-refractivity contribution in [3.05, 3.63) is 71.5 Å². The summed E-state index contributed by atoms with van der Waals surface area (Å²) < 4.78 is 22.9. The first-order valence-corrected chi connectivity index (χ1v) is 12.5. The largest absolute Gasteiger partial charge is 0.455 e. The summed E-state index contributed by atoms with van der Waals surface area (Å²) in [5.41, 5.74) is 0.285. The molecule has 0 aliphatic carbocycles. The molecule has 0 unspecified atom stereocenters. The van der Waals surface area contributed by atoms with Crippen molar-refractivity contribution in [1.82, 2.24) is 19.9 Å². The minimum Gasteiger partial charge on any atom is -0.455 e. The lowest BCUT2D eigenvalue weighted by atomic mass is 10.1. The number of benzene rings is 2. The third-order valence-electron chi connectivity index (χ3n) is 5.60. The van der Waals surface area contributed by atoms with Crippen molar-refractivity contribution < 1.29 is 13.9 Å². The Kier molecular flexibility index (Phi) is 6.51. The molecule has 2 aromatic carbocycles. The van der Waals surface area contributed by atoms with Crippen LogP contribution in [0.2, 0.25) is 5.02 Å². The zero-order valence-corrected chi connectivity index (χ0v) is 21.2. The third kappa shape index (κ3) is 4.98. The van der Waals surface area contributed by atoms with Gasteiger partial charge in [-0.2, -0.15) is 0 Å². The summed E-state index contributed by atoms with van der Waals surface area (Å²) in [7, 11) is 0. The van der Waals surface area contributed by atoms with E-state index < -0.39 is 11.6 Å². The van der Waals surface area contributed by atoms with Crippen molar-refractivity contribution in [2.24, 2.45) is 0 Å². The molecule has 0 saturated carbocycles. The molecule has 2 N–H and O–H groups in total. The molecule has 36 heavy (non-hydrogen) atoms. The zero-order valence-electron chi connectivity index (χ0n) is 19.6. The number of nitrogens with zero attached hydrogens (tertiary/aromatic N) is 3. The number of hydrogen-bond donors (Lipinski definition) is 2. The Morgan fingerprint density at radius 3 is 2.83 bits per heavy atom. The average molecular weight is 524 g/mol. The van der Waals surface area contributed by atoms with Crippen molar-refractivity contribution in [3.63, 3.8) is 0 Å². The van der Waals surface area contributed by atoms with Crippen molar-refractivity contribution in [2.75, 3.05) is 11.9 Å². The minimum absolute atomic E-state index is 0.263. The monoisotopic (exact) mass is 523 g/mol. The summed E-state index contributed by atoms with van der Waals surface area (Å²) in [4.78, 5) is 20.6. The minimum atomic E-state index is -1.93. The fraction of sp³-hybridized carbons (Fsp3) is 0.192. The van der Waals surface area contributed by atoms with Crippen LogP contribution in [0, 0.1) is 0 Å². The number of rotatable bonds is 8. The number of halogens is 2. The maximum atomic E-state index is 13.8. The van der Waals surface area contributed by atoms with Crippen LogP contribution in [0.3, 0.4) is 0 Å². The van der Waals surface area contributed by atoms with Crippen LogP contribution in [0.4, 0.5) is 15.9 Å². The molecule has 5 aromatic rings. The van der Waals surface area contributed by atoms with Crippen LogP contribution < -0.4 is 15.4 Å². The first-order chi connectivity index (χ1) is 17.3. The van der Waals surface area contributed by atoms with Gasteiger partial charge in [0, 0.05) is 35.1 Å². The molecule has 0 radical (unpaired) electrons. The number of carbonyl (C=O) groups excluding carboxylic acids is 1. The number of alkyl halides is 1. The normalized spacial score (nSPS) is 11.7. The lowest BCUT2D eigenvalue weighted by Crippen LogP contribution is -2.40. The number of carbonyl (C=O) groups is 1. The molecule has 5 rings (SSSR count). The molecule has 3 aromatic heterocycles. The van der Waals surface area contributed by atoms with E-state index in [0.717, 1.165) is 32.6 Å². The van der Waals surface area contributed by atoms with Gasteiger partial charge in [0.15, 0.2) is 11.5 Å². The number of aromatic nitrogens is 3. The van der Waals surface area contributed by atoms with Crippen molar-refractivity contribution in [3.8, 4) is 11.5 Å². The highest BCUT2D eigenvalue weighted by atomic mass is 35.5. The Balaban J connectivity index is 1.34. The summed E-state index contributed by atoms with van der Waals surface area (Å²) in [5.74, 6) is 1.22. The number of thiophene rings is 1. The highest BCUT2D eigenvalue weighted by molar-refractivity contribution is 7.17. The second-order valence-electron chi connectivity index (χ2n) is 8.65. The molecule has 0 bridgehead atoms. The fourth-order valence-corrected chi connectivity index (χ4v) is 4.80. The van der Waals surface area contributed by atoms with Gasteiger partial charge in [0.05, 0.1) is 10.5 Å². The van der Waals surface area contributed by atoms with Gasteiger partial charge >= 0.3 is 0 Å². The van der Waals surface area contributed by atoms with E-state index in [1.54, 1.807) is 17.4 Å². The average Bonchev–Trinajstić information content (AvgIpc) is 3.48. The Labute approximate surface area is 215 Å². The van der Waals surface area contributed by atoms with E-state index in [0.29, 0.717) is 23.1 Å². The number of anilines is 2. The van der Waals surface area contributed by atoms with Gasteiger partial charge < -0.3 is 19.9 Å². The van der Waals surface area contributed by atoms with Crippen LogP contribution in [-0.2, 0) is 11.3 Å². The van der Waals surface area contributed by atoms with Gasteiger partial charge in [-0.3, -0.25) is 4.79 Å². The first kappa shape index (κ1) is 24.0. The number of hydrogen-bond acceptors (Lipinski definition) is 6.